The van der Waals surface area contributed by atoms with Gasteiger partial charge in [-0.25, -0.2) is 0 Å². The molecule has 3 rings (SSSR count). The third-order valence-electron chi connectivity index (χ3n) is 4.94. The Bertz CT molecular complexity index is 755. The van der Waals surface area contributed by atoms with Crippen LogP contribution in [-0.4, -0.2) is 11.8 Å². The number of carbonyl (C=O) groups is 2. The van der Waals surface area contributed by atoms with E-state index in [4.69, 9.17) is 0 Å². The number of carbonyl (C=O) groups excluding carboxylic acids is 2. The molecular formula is C21H21NaO3. The molecule has 0 bridgehead atoms. The van der Waals surface area contributed by atoms with Crippen molar-refractivity contribution < 1.29 is 44.3 Å². The number of aliphatic carboxylic acids is 1. The number of rotatable bonds is 5. The molecule has 2 aromatic rings. The molecule has 0 saturated heterocycles. The van der Waals surface area contributed by atoms with E-state index >= 15 is 0 Å². The fraction of sp³-hybridized carbons (Fsp3) is 0.333. The maximum absolute atomic E-state index is 11.9. The quantitative estimate of drug-likeness (QED) is 0.724. The minimum atomic E-state index is -1.08. The maximum atomic E-state index is 11.9. The van der Waals surface area contributed by atoms with Gasteiger partial charge in [0.05, 0.1) is 0 Å². The van der Waals surface area contributed by atoms with Gasteiger partial charge in [0, 0.05) is 24.2 Å². The van der Waals surface area contributed by atoms with E-state index < -0.39 is 11.9 Å². The summed E-state index contributed by atoms with van der Waals surface area (Å²) in [5, 5.41) is 11.3. The van der Waals surface area contributed by atoms with Crippen LogP contribution in [0.3, 0.4) is 0 Å². The summed E-state index contributed by atoms with van der Waals surface area (Å²) in [7, 11) is 0. The van der Waals surface area contributed by atoms with Crippen LogP contribution in [0.4, 0.5) is 0 Å². The predicted molar refractivity (Wildman–Crippen MR) is 91.4 cm³/mol. The molecule has 2 unspecified atom stereocenters. The zero-order chi connectivity index (χ0) is 17.1. The number of Topliss-reactive ketones (excluding diaryl/α,β-unsaturated/α-hetero) is 1. The monoisotopic (exact) mass is 344 g/mol. The van der Waals surface area contributed by atoms with Crippen molar-refractivity contribution in [3.63, 3.8) is 0 Å². The van der Waals surface area contributed by atoms with Crippen LogP contribution in [0.2, 0.25) is 0 Å². The minimum Gasteiger partial charge on any atom is -0.550 e. The molecular weight excluding hydrogens is 323 g/mol. The second-order valence-corrected chi connectivity index (χ2v) is 6.59. The fourth-order valence-electron chi connectivity index (χ4n) is 3.49. The third kappa shape index (κ3) is 4.60. The molecule has 25 heavy (non-hydrogen) atoms. The van der Waals surface area contributed by atoms with Crippen molar-refractivity contribution in [3.05, 3.63) is 59.7 Å². The molecule has 4 heteroatoms. The standard InChI is InChI=1S/C21H22O3.Na/c1-14(21(23)24)18-11-10-15(12-17-8-5-9-20(17)22)13-19(18)16-6-3-2-4-7-16;/h2-4,6-7,10-11,13-14,17H,5,8-9,12H2,1H3,(H,23,24);/q;+1/p-1. The fourth-order valence-corrected chi connectivity index (χ4v) is 3.49. The van der Waals surface area contributed by atoms with E-state index in [2.05, 4.69) is 0 Å². The van der Waals surface area contributed by atoms with Crippen molar-refractivity contribution in [2.45, 2.75) is 38.5 Å². The Labute approximate surface area is 170 Å². The van der Waals surface area contributed by atoms with Crippen molar-refractivity contribution in [3.8, 4) is 11.1 Å². The molecule has 1 aliphatic rings. The largest absolute Gasteiger partial charge is 1.00 e. The maximum Gasteiger partial charge on any atom is 1.00 e. The first-order chi connectivity index (χ1) is 11.6. The molecule has 1 saturated carbocycles. The van der Waals surface area contributed by atoms with E-state index in [-0.39, 0.29) is 35.5 Å². The van der Waals surface area contributed by atoms with E-state index in [9.17, 15) is 14.7 Å². The molecule has 0 aromatic heterocycles. The summed E-state index contributed by atoms with van der Waals surface area (Å²) in [6.45, 7) is 1.65. The molecule has 0 heterocycles. The van der Waals surface area contributed by atoms with Crippen LogP contribution in [0, 0.1) is 5.92 Å². The molecule has 2 atom stereocenters. The van der Waals surface area contributed by atoms with Gasteiger partial charge in [-0.3, -0.25) is 4.79 Å². The van der Waals surface area contributed by atoms with Gasteiger partial charge in [-0.15, -0.1) is 0 Å². The number of hydrogen-bond acceptors (Lipinski definition) is 3. The van der Waals surface area contributed by atoms with Gasteiger partial charge in [0.2, 0.25) is 0 Å². The van der Waals surface area contributed by atoms with Gasteiger partial charge in [0.25, 0.3) is 0 Å². The summed E-state index contributed by atoms with van der Waals surface area (Å²) in [6, 6.07) is 15.6. The summed E-state index contributed by atoms with van der Waals surface area (Å²) in [5.74, 6) is -1.30. The molecule has 0 N–H and O–H groups in total. The Kier molecular flexibility index (Phi) is 7.00. The molecule has 3 nitrogen and oxygen atoms in total. The topological polar surface area (TPSA) is 57.2 Å². The smallest absolute Gasteiger partial charge is 0.550 e. The van der Waals surface area contributed by atoms with Crippen LogP contribution in [0.1, 0.15) is 43.2 Å². The Morgan fingerprint density at radius 2 is 1.92 bits per heavy atom. The third-order valence-corrected chi connectivity index (χ3v) is 4.94. The van der Waals surface area contributed by atoms with E-state index in [1.54, 1.807) is 6.92 Å². The van der Waals surface area contributed by atoms with Crippen molar-refractivity contribution in [2.75, 3.05) is 0 Å². The van der Waals surface area contributed by atoms with Crippen LogP contribution < -0.4 is 34.7 Å². The number of ketones is 1. The first-order valence-electron chi connectivity index (χ1n) is 8.48. The van der Waals surface area contributed by atoms with Crippen LogP contribution in [-0.2, 0) is 16.0 Å². The molecule has 1 aliphatic carbocycles. The Balaban J connectivity index is 0.00000225. The van der Waals surface area contributed by atoms with Crippen molar-refractivity contribution in [1.82, 2.24) is 0 Å². The van der Waals surface area contributed by atoms with E-state index in [1.165, 1.54) is 0 Å². The number of carboxylic acid groups (broad SMARTS) is 1. The molecule has 0 amide bonds. The summed E-state index contributed by atoms with van der Waals surface area (Å²) >= 11 is 0. The Hall–Kier alpha value is -1.42. The molecule has 0 radical (unpaired) electrons. The predicted octanol–water partition coefficient (Wildman–Crippen LogP) is 0.123. The van der Waals surface area contributed by atoms with E-state index in [0.29, 0.717) is 12.2 Å². The number of benzene rings is 2. The van der Waals surface area contributed by atoms with Crippen LogP contribution in [0.15, 0.2) is 48.5 Å². The Morgan fingerprint density at radius 1 is 1.20 bits per heavy atom. The SMILES string of the molecule is CC(C(=O)[O-])c1ccc(CC2CCCC2=O)cc1-c1ccccc1.[Na+]. The van der Waals surface area contributed by atoms with Gasteiger partial charge in [-0.1, -0.05) is 55.5 Å². The Morgan fingerprint density at radius 3 is 2.52 bits per heavy atom. The number of carboxylic acids is 1. The van der Waals surface area contributed by atoms with Gasteiger partial charge in [-0.05, 0) is 41.5 Å². The van der Waals surface area contributed by atoms with Gasteiger partial charge in [0.1, 0.15) is 5.78 Å². The van der Waals surface area contributed by atoms with Crippen LogP contribution in [0.25, 0.3) is 11.1 Å². The molecule has 0 aliphatic heterocycles. The molecule has 1 fully saturated rings. The van der Waals surface area contributed by atoms with Crippen molar-refractivity contribution in [2.24, 2.45) is 5.92 Å². The van der Waals surface area contributed by atoms with Gasteiger partial charge >= 0.3 is 29.6 Å². The number of hydrogen-bond donors (Lipinski definition) is 0. The first kappa shape index (κ1) is 19.9. The van der Waals surface area contributed by atoms with Gasteiger partial charge in [0.15, 0.2) is 0 Å². The van der Waals surface area contributed by atoms with Crippen molar-refractivity contribution in [1.29, 1.82) is 0 Å². The van der Waals surface area contributed by atoms with Gasteiger partial charge < -0.3 is 9.90 Å². The van der Waals surface area contributed by atoms with E-state index in [0.717, 1.165) is 41.5 Å². The molecule has 0 spiro atoms. The normalized spacial score (nSPS) is 17.8. The first-order valence-corrected chi connectivity index (χ1v) is 8.48. The summed E-state index contributed by atoms with van der Waals surface area (Å²) in [6.07, 6.45) is 3.36. The molecule has 2 aromatic carbocycles. The van der Waals surface area contributed by atoms with Crippen LogP contribution in [0.5, 0.6) is 0 Å². The van der Waals surface area contributed by atoms with Crippen LogP contribution >= 0.6 is 0 Å². The second-order valence-electron chi connectivity index (χ2n) is 6.59. The van der Waals surface area contributed by atoms with Crippen molar-refractivity contribution >= 4 is 11.8 Å². The molecule has 124 valence electrons. The second kappa shape index (κ2) is 8.79. The average Bonchev–Trinajstić information content (AvgIpc) is 3.00. The minimum absolute atomic E-state index is 0. The summed E-state index contributed by atoms with van der Waals surface area (Å²) in [5.41, 5.74) is 3.74. The summed E-state index contributed by atoms with van der Waals surface area (Å²) in [4.78, 5) is 23.2. The zero-order valence-corrected chi connectivity index (χ0v) is 16.8. The van der Waals surface area contributed by atoms with E-state index in [1.807, 2.05) is 48.5 Å². The zero-order valence-electron chi connectivity index (χ0n) is 14.8. The van der Waals surface area contributed by atoms with Gasteiger partial charge in [-0.2, -0.15) is 0 Å². The average molecular weight is 344 g/mol. The summed E-state index contributed by atoms with van der Waals surface area (Å²) < 4.78 is 0.